The van der Waals surface area contributed by atoms with Gasteiger partial charge in [-0.3, -0.25) is 10.1 Å². The van der Waals surface area contributed by atoms with Crippen molar-refractivity contribution < 1.29 is 25.2 Å². The molecule has 0 bridgehead atoms. The lowest BCUT2D eigenvalue weighted by molar-refractivity contribution is -0.146. The van der Waals surface area contributed by atoms with E-state index in [2.05, 4.69) is 31.4 Å². The largest absolute Gasteiger partial charge is 0.395 e. The number of hydrogen-bond acceptors (Lipinski definition) is 6. The summed E-state index contributed by atoms with van der Waals surface area (Å²) in [5, 5.41) is 44.3. The minimum Gasteiger partial charge on any atom is -0.395 e. The van der Waals surface area contributed by atoms with Crippen molar-refractivity contribution in [2.24, 2.45) is 5.41 Å². The van der Waals surface area contributed by atoms with E-state index in [9.17, 15) is 25.2 Å². The van der Waals surface area contributed by atoms with Gasteiger partial charge in [0.05, 0.1) is 12.6 Å². The number of aliphatic hydroxyl groups excluding tert-OH is 4. The van der Waals surface area contributed by atoms with Crippen molar-refractivity contribution >= 4 is 5.91 Å². The van der Waals surface area contributed by atoms with Gasteiger partial charge < -0.3 is 25.7 Å². The van der Waals surface area contributed by atoms with Crippen LogP contribution in [0, 0.1) is 5.41 Å². The van der Waals surface area contributed by atoms with E-state index >= 15 is 0 Å². The number of piperidine rings is 1. The van der Waals surface area contributed by atoms with Gasteiger partial charge in [0.1, 0.15) is 24.4 Å². The molecule has 0 radical (unpaired) electrons. The van der Waals surface area contributed by atoms with Gasteiger partial charge in [-0.2, -0.15) is 0 Å². The Bertz CT molecular complexity index is 392. The van der Waals surface area contributed by atoms with E-state index in [0.29, 0.717) is 0 Å². The molecule has 0 aliphatic carbocycles. The van der Waals surface area contributed by atoms with Crippen LogP contribution in [-0.4, -0.2) is 68.9 Å². The molecule has 1 aliphatic rings. The molecule has 7 nitrogen and oxygen atoms in total. The molecule has 1 saturated heterocycles. The second-order valence-corrected chi connectivity index (χ2v) is 8.02. The SMILES string of the molecule is CC(C)(C)CC(C)(C)NC(=O)[C@H]1N[C@@H](CO)[C@@H](O)[C@H](O)[C@H]1O. The standard InChI is InChI=1S/C15H30N2O5/c1-14(2,3)7-15(4,5)17-13(22)9-11(20)12(21)10(19)8(6-18)16-9/h8-12,16,18-21H,6-7H2,1-5H3,(H,17,22)/t8-,9-,10+,11-,12-/m0/s1. The average Bonchev–Trinajstić information content (AvgIpc) is 2.32. The van der Waals surface area contributed by atoms with Crippen LogP contribution in [0.4, 0.5) is 0 Å². The van der Waals surface area contributed by atoms with E-state index in [-0.39, 0.29) is 5.41 Å². The van der Waals surface area contributed by atoms with E-state index in [4.69, 9.17) is 0 Å². The van der Waals surface area contributed by atoms with Crippen molar-refractivity contribution in [2.45, 2.75) is 77.0 Å². The highest BCUT2D eigenvalue weighted by atomic mass is 16.4. The Hall–Kier alpha value is -0.730. The summed E-state index contributed by atoms with van der Waals surface area (Å²) in [6, 6.07) is -1.95. The second kappa shape index (κ2) is 6.80. The predicted octanol–water partition coefficient (Wildman–Crippen LogP) is -1.27. The molecule has 1 rings (SSSR count). The van der Waals surface area contributed by atoms with Crippen molar-refractivity contribution in [2.75, 3.05) is 6.61 Å². The summed E-state index contributed by atoms with van der Waals surface area (Å²) < 4.78 is 0. The highest BCUT2D eigenvalue weighted by molar-refractivity contribution is 5.83. The van der Waals surface area contributed by atoms with Crippen LogP contribution < -0.4 is 10.6 Å². The lowest BCUT2D eigenvalue weighted by Crippen LogP contribution is -2.70. The minimum atomic E-state index is -1.49. The van der Waals surface area contributed by atoms with Gasteiger partial charge in [-0.1, -0.05) is 20.8 Å². The van der Waals surface area contributed by atoms with Crippen LogP contribution in [0.15, 0.2) is 0 Å². The van der Waals surface area contributed by atoms with Gasteiger partial charge in [0.25, 0.3) is 0 Å². The van der Waals surface area contributed by atoms with E-state index in [1.165, 1.54) is 0 Å². The first-order valence-corrected chi connectivity index (χ1v) is 7.61. The highest BCUT2D eigenvalue weighted by Gasteiger charge is 2.45. The fourth-order valence-corrected chi connectivity index (χ4v) is 3.24. The maximum Gasteiger partial charge on any atom is 0.240 e. The molecule has 130 valence electrons. The molecule has 0 unspecified atom stereocenters. The Morgan fingerprint density at radius 2 is 1.59 bits per heavy atom. The summed E-state index contributed by atoms with van der Waals surface area (Å²) in [6.07, 6.45) is -3.53. The van der Waals surface area contributed by atoms with E-state index in [0.717, 1.165) is 6.42 Å². The Balaban J connectivity index is 2.79. The summed E-state index contributed by atoms with van der Waals surface area (Å²) in [5.41, 5.74) is -0.481. The van der Waals surface area contributed by atoms with Crippen molar-refractivity contribution in [3.8, 4) is 0 Å². The molecule has 22 heavy (non-hydrogen) atoms. The molecule has 0 saturated carbocycles. The van der Waals surface area contributed by atoms with Gasteiger partial charge in [-0.05, 0) is 25.7 Å². The third kappa shape index (κ3) is 4.89. The molecular formula is C15H30N2O5. The van der Waals surface area contributed by atoms with Crippen LogP contribution in [0.2, 0.25) is 0 Å². The molecule has 0 spiro atoms. The first-order valence-electron chi connectivity index (χ1n) is 7.61. The van der Waals surface area contributed by atoms with Crippen molar-refractivity contribution in [1.82, 2.24) is 10.6 Å². The van der Waals surface area contributed by atoms with Crippen LogP contribution in [0.25, 0.3) is 0 Å². The van der Waals surface area contributed by atoms with Crippen molar-refractivity contribution in [3.05, 3.63) is 0 Å². The van der Waals surface area contributed by atoms with E-state index in [1.54, 1.807) is 0 Å². The molecule has 1 fully saturated rings. The number of rotatable bonds is 4. The van der Waals surface area contributed by atoms with Crippen LogP contribution >= 0.6 is 0 Å². The third-order valence-electron chi connectivity index (χ3n) is 3.76. The Kier molecular flexibility index (Phi) is 5.97. The van der Waals surface area contributed by atoms with Gasteiger partial charge in [-0.25, -0.2) is 0 Å². The van der Waals surface area contributed by atoms with Gasteiger partial charge >= 0.3 is 0 Å². The molecule has 0 aromatic carbocycles. The molecule has 7 heteroatoms. The minimum absolute atomic E-state index is 0.0126. The number of nitrogens with one attached hydrogen (secondary N) is 2. The zero-order chi connectivity index (χ0) is 17.3. The quantitative estimate of drug-likeness (QED) is 0.384. The van der Waals surface area contributed by atoms with Crippen molar-refractivity contribution in [3.63, 3.8) is 0 Å². The molecule has 0 aromatic rings. The normalized spacial score (nSPS) is 33.6. The Morgan fingerprint density at radius 3 is 2.05 bits per heavy atom. The average molecular weight is 318 g/mol. The molecule has 6 N–H and O–H groups in total. The maximum absolute atomic E-state index is 12.4. The van der Waals surface area contributed by atoms with E-state index in [1.807, 2.05) is 13.8 Å². The number of aliphatic hydroxyl groups is 4. The van der Waals surface area contributed by atoms with Gasteiger partial charge in [0.15, 0.2) is 0 Å². The Labute approximate surface area is 131 Å². The number of carbonyl (C=O) groups excluding carboxylic acids is 1. The van der Waals surface area contributed by atoms with Gasteiger partial charge in [0.2, 0.25) is 5.91 Å². The van der Waals surface area contributed by atoms with Crippen LogP contribution in [0.1, 0.15) is 41.0 Å². The molecule has 0 aromatic heterocycles. The fourth-order valence-electron chi connectivity index (χ4n) is 3.24. The summed E-state index contributed by atoms with van der Waals surface area (Å²) in [6.45, 7) is 9.53. The zero-order valence-corrected chi connectivity index (χ0v) is 14.0. The first-order chi connectivity index (χ1) is 9.88. The Morgan fingerprint density at radius 1 is 1.05 bits per heavy atom. The lowest BCUT2D eigenvalue weighted by Gasteiger charge is -2.42. The van der Waals surface area contributed by atoms with E-state index < -0.39 is 48.4 Å². The number of carbonyl (C=O) groups is 1. The van der Waals surface area contributed by atoms with Crippen LogP contribution in [-0.2, 0) is 4.79 Å². The maximum atomic E-state index is 12.4. The molecule has 1 amide bonds. The zero-order valence-electron chi connectivity index (χ0n) is 14.0. The summed E-state index contributed by atoms with van der Waals surface area (Å²) >= 11 is 0. The summed E-state index contributed by atoms with van der Waals surface area (Å²) in [5.74, 6) is -0.467. The molecule has 1 heterocycles. The smallest absolute Gasteiger partial charge is 0.240 e. The molecule has 5 atom stereocenters. The van der Waals surface area contributed by atoms with Gasteiger partial charge in [0, 0.05) is 5.54 Å². The topological polar surface area (TPSA) is 122 Å². The van der Waals surface area contributed by atoms with Gasteiger partial charge in [-0.15, -0.1) is 0 Å². The summed E-state index contributed by atoms with van der Waals surface area (Å²) in [4.78, 5) is 12.4. The predicted molar refractivity (Wildman–Crippen MR) is 82.1 cm³/mol. The molecular weight excluding hydrogens is 288 g/mol. The van der Waals surface area contributed by atoms with Crippen LogP contribution in [0.5, 0.6) is 0 Å². The second-order valence-electron chi connectivity index (χ2n) is 8.02. The fraction of sp³-hybridized carbons (Fsp3) is 0.933. The monoisotopic (exact) mass is 318 g/mol. The number of hydrogen-bond donors (Lipinski definition) is 6. The number of amides is 1. The van der Waals surface area contributed by atoms with Crippen LogP contribution in [0.3, 0.4) is 0 Å². The first kappa shape index (κ1) is 19.3. The van der Waals surface area contributed by atoms with Crippen molar-refractivity contribution in [1.29, 1.82) is 0 Å². The lowest BCUT2D eigenvalue weighted by atomic mass is 9.81. The summed E-state index contributed by atoms with van der Waals surface area (Å²) in [7, 11) is 0. The third-order valence-corrected chi connectivity index (χ3v) is 3.76. The molecule has 1 aliphatic heterocycles. The highest BCUT2D eigenvalue weighted by Crippen LogP contribution is 2.27.